The molecule has 0 spiro atoms. The van der Waals surface area contributed by atoms with Gasteiger partial charge in [0.15, 0.2) is 0 Å². The quantitative estimate of drug-likeness (QED) is 0.783. The molecule has 0 aromatic rings. The van der Waals surface area contributed by atoms with Gasteiger partial charge in [0.25, 0.3) is 0 Å². The summed E-state index contributed by atoms with van der Waals surface area (Å²) in [7, 11) is 0. The van der Waals surface area contributed by atoms with Gasteiger partial charge in [-0.2, -0.15) is 0 Å². The van der Waals surface area contributed by atoms with E-state index in [1.165, 1.54) is 19.3 Å². The molecule has 0 aliphatic heterocycles. The first kappa shape index (κ1) is 13.8. The molecule has 0 radical (unpaired) electrons. The predicted molar refractivity (Wildman–Crippen MR) is 71.1 cm³/mol. The van der Waals surface area contributed by atoms with E-state index in [9.17, 15) is 4.79 Å². The zero-order valence-corrected chi connectivity index (χ0v) is 11.4. The molecule has 4 heteroatoms. The lowest BCUT2D eigenvalue weighted by molar-refractivity contribution is -0.142. The number of carbonyl (C=O) groups is 1. The Morgan fingerprint density at radius 2 is 2.00 bits per heavy atom. The molecule has 2 aliphatic carbocycles. The number of nitrogens with two attached hydrogens (primary N) is 1. The van der Waals surface area contributed by atoms with Crippen LogP contribution < -0.4 is 11.1 Å². The highest BCUT2D eigenvalue weighted by atomic mass is 16.5. The Morgan fingerprint density at radius 1 is 1.33 bits per heavy atom. The Kier molecular flexibility index (Phi) is 5.01. The first-order valence-electron chi connectivity index (χ1n) is 7.35. The van der Waals surface area contributed by atoms with Gasteiger partial charge in [0, 0.05) is 6.04 Å². The second-order valence-corrected chi connectivity index (χ2v) is 5.82. The number of amides is 1. The molecule has 0 heterocycles. The Labute approximate surface area is 110 Å². The number of carbonyl (C=O) groups excluding carboxylic acids is 1. The van der Waals surface area contributed by atoms with Crippen molar-refractivity contribution < 1.29 is 9.53 Å². The van der Waals surface area contributed by atoms with Crippen LogP contribution in [-0.4, -0.2) is 30.7 Å². The minimum absolute atomic E-state index is 0.0538. The summed E-state index contributed by atoms with van der Waals surface area (Å²) < 4.78 is 5.75. The van der Waals surface area contributed by atoms with Gasteiger partial charge in [-0.15, -0.1) is 0 Å². The highest BCUT2D eigenvalue weighted by molar-refractivity contribution is 5.80. The van der Waals surface area contributed by atoms with Crippen LogP contribution in [0.3, 0.4) is 0 Å². The maximum Gasteiger partial charge on any atom is 0.249 e. The van der Waals surface area contributed by atoms with Crippen molar-refractivity contribution >= 4 is 5.91 Å². The number of ether oxygens (including phenoxy) is 1. The zero-order valence-electron chi connectivity index (χ0n) is 11.4. The van der Waals surface area contributed by atoms with Crippen LogP contribution >= 0.6 is 0 Å². The smallest absolute Gasteiger partial charge is 0.249 e. The van der Waals surface area contributed by atoms with Crippen LogP contribution in [-0.2, 0) is 9.53 Å². The zero-order chi connectivity index (χ0) is 13.0. The molecule has 104 valence electrons. The minimum atomic E-state index is -0.323. The van der Waals surface area contributed by atoms with Gasteiger partial charge in [-0.1, -0.05) is 19.3 Å². The summed E-state index contributed by atoms with van der Waals surface area (Å²) in [5, 5.41) is 3.11. The lowest BCUT2D eigenvalue weighted by Crippen LogP contribution is -2.45. The van der Waals surface area contributed by atoms with E-state index < -0.39 is 0 Å². The van der Waals surface area contributed by atoms with Crippen molar-refractivity contribution in [2.75, 3.05) is 6.54 Å². The Hall–Kier alpha value is -0.610. The third-order valence-electron chi connectivity index (χ3n) is 4.24. The fourth-order valence-corrected chi connectivity index (χ4v) is 2.89. The molecule has 0 bridgehead atoms. The fraction of sp³-hybridized carbons (Fsp3) is 0.929. The van der Waals surface area contributed by atoms with Crippen LogP contribution in [0.25, 0.3) is 0 Å². The number of rotatable bonds is 5. The summed E-state index contributed by atoms with van der Waals surface area (Å²) in [4.78, 5) is 12.0. The molecule has 0 aromatic carbocycles. The largest absolute Gasteiger partial charge is 0.365 e. The van der Waals surface area contributed by atoms with Crippen LogP contribution in [0.1, 0.15) is 51.9 Å². The second-order valence-electron chi connectivity index (χ2n) is 5.82. The number of nitrogens with one attached hydrogen (secondary N) is 1. The number of hydrogen-bond acceptors (Lipinski definition) is 3. The fourth-order valence-electron chi connectivity index (χ4n) is 2.89. The summed E-state index contributed by atoms with van der Waals surface area (Å²) in [6, 6.07) is 0.371. The molecule has 0 aromatic heterocycles. The third kappa shape index (κ3) is 3.69. The van der Waals surface area contributed by atoms with Crippen LogP contribution in [0.2, 0.25) is 0 Å². The van der Waals surface area contributed by atoms with E-state index in [-0.39, 0.29) is 18.1 Å². The maximum atomic E-state index is 12.0. The molecule has 1 unspecified atom stereocenters. The van der Waals surface area contributed by atoms with Gasteiger partial charge >= 0.3 is 0 Å². The average Bonchev–Trinajstić information content (AvgIpc) is 2.34. The molecule has 3 N–H and O–H groups in total. The summed E-state index contributed by atoms with van der Waals surface area (Å²) in [5.41, 5.74) is 5.58. The summed E-state index contributed by atoms with van der Waals surface area (Å²) in [6.07, 6.45) is 7.97. The van der Waals surface area contributed by atoms with E-state index in [2.05, 4.69) is 5.32 Å². The third-order valence-corrected chi connectivity index (χ3v) is 4.24. The van der Waals surface area contributed by atoms with Gasteiger partial charge in [-0.3, -0.25) is 4.79 Å². The molecule has 2 fully saturated rings. The highest BCUT2D eigenvalue weighted by Crippen LogP contribution is 2.29. The van der Waals surface area contributed by atoms with Crippen molar-refractivity contribution in [1.82, 2.24) is 5.32 Å². The molecular formula is C14H26N2O2. The topological polar surface area (TPSA) is 64.3 Å². The van der Waals surface area contributed by atoms with Gasteiger partial charge in [0.1, 0.15) is 6.10 Å². The van der Waals surface area contributed by atoms with Crippen LogP contribution in [0, 0.1) is 5.92 Å². The van der Waals surface area contributed by atoms with Gasteiger partial charge in [0.05, 0.1) is 6.10 Å². The SMILES string of the molecule is CC(OC1CC(CN)C1)C(=O)NC1CCCCC1. The summed E-state index contributed by atoms with van der Waals surface area (Å²) in [5.74, 6) is 0.654. The van der Waals surface area contributed by atoms with E-state index >= 15 is 0 Å². The maximum absolute atomic E-state index is 12.0. The normalized spacial score (nSPS) is 30.6. The van der Waals surface area contributed by atoms with Gasteiger partial charge < -0.3 is 15.8 Å². The molecule has 0 saturated heterocycles. The van der Waals surface area contributed by atoms with E-state index in [1.54, 1.807) is 0 Å². The Balaban J connectivity index is 1.65. The Morgan fingerprint density at radius 3 is 2.61 bits per heavy atom. The van der Waals surface area contributed by atoms with E-state index in [4.69, 9.17) is 10.5 Å². The second kappa shape index (κ2) is 6.53. The first-order valence-corrected chi connectivity index (χ1v) is 7.35. The van der Waals surface area contributed by atoms with Crippen LogP contribution in [0.4, 0.5) is 0 Å². The number of hydrogen-bond donors (Lipinski definition) is 2. The first-order chi connectivity index (χ1) is 8.69. The van der Waals surface area contributed by atoms with Gasteiger partial charge in [-0.05, 0) is 45.1 Å². The van der Waals surface area contributed by atoms with Crippen molar-refractivity contribution in [3.8, 4) is 0 Å². The molecule has 2 rings (SSSR count). The van der Waals surface area contributed by atoms with Crippen LogP contribution in [0.5, 0.6) is 0 Å². The molecule has 2 aliphatic rings. The molecular weight excluding hydrogens is 228 g/mol. The van der Waals surface area contributed by atoms with Crippen molar-refractivity contribution in [3.05, 3.63) is 0 Å². The molecule has 4 nitrogen and oxygen atoms in total. The van der Waals surface area contributed by atoms with E-state index in [0.29, 0.717) is 12.0 Å². The Bertz CT molecular complexity index is 271. The summed E-state index contributed by atoms with van der Waals surface area (Å²) in [6.45, 7) is 2.59. The van der Waals surface area contributed by atoms with E-state index in [0.717, 1.165) is 32.2 Å². The van der Waals surface area contributed by atoms with E-state index in [1.807, 2.05) is 6.92 Å². The van der Waals surface area contributed by atoms with Gasteiger partial charge in [-0.25, -0.2) is 0 Å². The van der Waals surface area contributed by atoms with Gasteiger partial charge in [0.2, 0.25) is 5.91 Å². The lowest BCUT2D eigenvalue weighted by Gasteiger charge is -2.36. The average molecular weight is 254 g/mol. The molecule has 2 saturated carbocycles. The molecule has 1 amide bonds. The van der Waals surface area contributed by atoms with Crippen molar-refractivity contribution in [2.24, 2.45) is 11.7 Å². The molecule has 18 heavy (non-hydrogen) atoms. The molecule has 1 atom stereocenters. The lowest BCUT2D eigenvalue weighted by atomic mass is 9.82. The van der Waals surface area contributed by atoms with Crippen molar-refractivity contribution in [2.45, 2.75) is 70.1 Å². The summed E-state index contributed by atoms with van der Waals surface area (Å²) >= 11 is 0. The predicted octanol–water partition coefficient (Wildman–Crippen LogP) is 1.58. The van der Waals surface area contributed by atoms with Crippen molar-refractivity contribution in [3.63, 3.8) is 0 Å². The van der Waals surface area contributed by atoms with Crippen molar-refractivity contribution in [1.29, 1.82) is 0 Å². The van der Waals surface area contributed by atoms with Crippen LogP contribution in [0.15, 0.2) is 0 Å². The minimum Gasteiger partial charge on any atom is -0.365 e. The standard InChI is InChI=1S/C14H26N2O2/c1-10(18-13-7-11(8-13)9-15)14(17)16-12-5-3-2-4-6-12/h10-13H,2-9,15H2,1H3,(H,16,17). The monoisotopic (exact) mass is 254 g/mol. The highest BCUT2D eigenvalue weighted by Gasteiger charge is 2.31.